The SMILES string of the molecule is O=C(Nc1ccc2c(c1)OCO2)c1cccn2ccnc12. The Morgan fingerprint density at radius 3 is 3.05 bits per heavy atom. The van der Waals surface area contributed by atoms with Gasteiger partial charge in [-0.05, 0) is 24.3 Å². The van der Waals surface area contributed by atoms with Crippen LogP contribution in [0.3, 0.4) is 0 Å². The topological polar surface area (TPSA) is 64.9 Å². The number of nitrogens with one attached hydrogen (secondary N) is 1. The van der Waals surface area contributed by atoms with Gasteiger partial charge in [0.05, 0.1) is 5.56 Å². The van der Waals surface area contributed by atoms with Crippen molar-refractivity contribution in [2.24, 2.45) is 0 Å². The highest BCUT2D eigenvalue weighted by Crippen LogP contribution is 2.34. The lowest BCUT2D eigenvalue weighted by Gasteiger charge is -2.07. The molecule has 3 heterocycles. The Morgan fingerprint density at radius 1 is 1.19 bits per heavy atom. The molecule has 1 aliphatic heterocycles. The first-order chi connectivity index (χ1) is 10.3. The number of carbonyl (C=O) groups excluding carboxylic acids is 1. The molecule has 0 bridgehead atoms. The van der Waals surface area contributed by atoms with Crippen LogP contribution in [0.1, 0.15) is 10.4 Å². The molecule has 4 rings (SSSR count). The maximum absolute atomic E-state index is 12.4. The number of aromatic nitrogens is 2. The van der Waals surface area contributed by atoms with Gasteiger partial charge in [0, 0.05) is 30.3 Å². The van der Waals surface area contributed by atoms with Crippen LogP contribution in [-0.4, -0.2) is 22.1 Å². The van der Waals surface area contributed by atoms with E-state index in [1.165, 1.54) is 0 Å². The molecule has 0 saturated carbocycles. The van der Waals surface area contributed by atoms with Crippen molar-refractivity contribution >= 4 is 17.2 Å². The lowest BCUT2D eigenvalue weighted by molar-refractivity contribution is 0.102. The molecule has 1 amide bonds. The third-order valence-electron chi connectivity index (χ3n) is 3.29. The summed E-state index contributed by atoms with van der Waals surface area (Å²) in [6.07, 6.45) is 5.30. The van der Waals surface area contributed by atoms with Crippen molar-refractivity contribution < 1.29 is 14.3 Å². The lowest BCUT2D eigenvalue weighted by atomic mass is 10.2. The average Bonchev–Trinajstić information content (AvgIpc) is 3.14. The zero-order valence-corrected chi connectivity index (χ0v) is 10.9. The Balaban J connectivity index is 1.65. The molecule has 21 heavy (non-hydrogen) atoms. The number of pyridine rings is 1. The van der Waals surface area contributed by atoms with Gasteiger partial charge < -0.3 is 19.2 Å². The number of hydrogen-bond acceptors (Lipinski definition) is 4. The number of carbonyl (C=O) groups is 1. The molecule has 1 N–H and O–H groups in total. The molecule has 3 aromatic rings. The fourth-order valence-electron chi connectivity index (χ4n) is 2.30. The molecule has 6 nitrogen and oxygen atoms in total. The number of benzene rings is 1. The Labute approximate surface area is 119 Å². The maximum Gasteiger partial charge on any atom is 0.259 e. The van der Waals surface area contributed by atoms with E-state index in [0.717, 1.165) is 0 Å². The number of anilines is 1. The van der Waals surface area contributed by atoms with Gasteiger partial charge in [-0.25, -0.2) is 4.98 Å². The fourth-order valence-corrected chi connectivity index (χ4v) is 2.30. The molecule has 0 fully saturated rings. The summed E-state index contributed by atoms with van der Waals surface area (Å²) in [5.74, 6) is 1.10. The van der Waals surface area contributed by atoms with Gasteiger partial charge in [-0.2, -0.15) is 0 Å². The van der Waals surface area contributed by atoms with Crippen molar-refractivity contribution in [2.75, 3.05) is 12.1 Å². The third kappa shape index (κ3) is 1.97. The van der Waals surface area contributed by atoms with E-state index < -0.39 is 0 Å². The van der Waals surface area contributed by atoms with Crippen molar-refractivity contribution in [2.45, 2.75) is 0 Å². The highest BCUT2D eigenvalue weighted by molar-refractivity contribution is 6.08. The number of rotatable bonds is 2. The van der Waals surface area contributed by atoms with E-state index in [1.807, 2.05) is 12.3 Å². The summed E-state index contributed by atoms with van der Waals surface area (Å²) in [7, 11) is 0. The van der Waals surface area contributed by atoms with Crippen LogP contribution in [0.25, 0.3) is 5.65 Å². The van der Waals surface area contributed by atoms with Gasteiger partial charge in [-0.3, -0.25) is 4.79 Å². The van der Waals surface area contributed by atoms with Crippen molar-refractivity contribution in [3.05, 3.63) is 54.5 Å². The molecule has 1 aromatic carbocycles. The van der Waals surface area contributed by atoms with E-state index in [0.29, 0.717) is 28.4 Å². The number of amides is 1. The number of hydrogen-bond donors (Lipinski definition) is 1. The van der Waals surface area contributed by atoms with Crippen molar-refractivity contribution in [1.82, 2.24) is 9.38 Å². The summed E-state index contributed by atoms with van der Waals surface area (Å²) in [5.41, 5.74) is 1.79. The van der Waals surface area contributed by atoms with E-state index in [4.69, 9.17) is 9.47 Å². The molecule has 0 spiro atoms. The molecule has 1 aliphatic rings. The van der Waals surface area contributed by atoms with Gasteiger partial charge in [0.1, 0.15) is 5.65 Å². The monoisotopic (exact) mass is 281 g/mol. The van der Waals surface area contributed by atoms with Crippen LogP contribution in [0.15, 0.2) is 48.9 Å². The fraction of sp³-hybridized carbons (Fsp3) is 0.0667. The summed E-state index contributed by atoms with van der Waals surface area (Å²) in [6, 6.07) is 8.84. The van der Waals surface area contributed by atoms with Crippen LogP contribution in [0.4, 0.5) is 5.69 Å². The summed E-state index contributed by atoms with van der Waals surface area (Å²) >= 11 is 0. The quantitative estimate of drug-likeness (QED) is 0.783. The number of imidazole rings is 1. The second kappa shape index (κ2) is 4.52. The zero-order chi connectivity index (χ0) is 14.2. The number of fused-ring (bicyclic) bond motifs is 2. The van der Waals surface area contributed by atoms with E-state index in [9.17, 15) is 4.79 Å². The molecule has 6 heteroatoms. The Kier molecular flexibility index (Phi) is 2.53. The summed E-state index contributed by atoms with van der Waals surface area (Å²) in [4.78, 5) is 16.6. The van der Waals surface area contributed by atoms with Crippen LogP contribution in [0.5, 0.6) is 11.5 Å². The lowest BCUT2D eigenvalue weighted by Crippen LogP contribution is -2.13. The predicted octanol–water partition coefficient (Wildman–Crippen LogP) is 2.32. The van der Waals surface area contributed by atoms with Crippen LogP contribution in [0.2, 0.25) is 0 Å². The van der Waals surface area contributed by atoms with Crippen LogP contribution < -0.4 is 14.8 Å². The minimum absolute atomic E-state index is 0.208. The first-order valence-electron chi connectivity index (χ1n) is 6.44. The van der Waals surface area contributed by atoms with Crippen molar-refractivity contribution in [3.8, 4) is 11.5 Å². The van der Waals surface area contributed by atoms with Crippen LogP contribution >= 0.6 is 0 Å². The normalized spacial score (nSPS) is 12.6. The maximum atomic E-state index is 12.4. The summed E-state index contributed by atoms with van der Waals surface area (Å²) in [6.45, 7) is 0.208. The van der Waals surface area contributed by atoms with Crippen molar-refractivity contribution in [1.29, 1.82) is 0 Å². The highest BCUT2D eigenvalue weighted by atomic mass is 16.7. The van der Waals surface area contributed by atoms with Gasteiger partial charge >= 0.3 is 0 Å². The van der Waals surface area contributed by atoms with Gasteiger partial charge in [-0.15, -0.1) is 0 Å². The van der Waals surface area contributed by atoms with E-state index >= 15 is 0 Å². The molecule has 0 atom stereocenters. The Morgan fingerprint density at radius 2 is 2.10 bits per heavy atom. The first kappa shape index (κ1) is 11.8. The van der Waals surface area contributed by atoms with Gasteiger partial charge in [0.15, 0.2) is 11.5 Å². The number of ether oxygens (including phenoxy) is 2. The Bertz CT molecular complexity index is 841. The predicted molar refractivity (Wildman–Crippen MR) is 75.7 cm³/mol. The van der Waals surface area contributed by atoms with E-state index in [1.54, 1.807) is 41.1 Å². The Hall–Kier alpha value is -3.02. The van der Waals surface area contributed by atoms with Gasteiger partial charge in [0.2, 0.25) is 6.79 Å². The van der Waals surface area contributed by atoms with Crippen LogP contribution in [0, 0.1) is 0 Å². The molecular formula is C15H11N3O3. The molecular weight excluding hydrogens is 270 g/mol. The third-order valence-corrected chi connectivity index (χ3v) is 3.29. The molecule has 0 saturated heterocycles. The average molecular weight is 281 g/mol. The standard InChI is InChI=1S/C15H11N3O3/c19-15(11-2-1-6-18-7-5-16-14(11)18)17-10-3-4-12-13(8-10)21-9-20-12/h1-8H,9H2,(H,17,19). The molecule has 104 valence electrons. The number of nitrogens with zero attached hydrogens (tertiary/aromatic N) is 2. The van der Waals surface area contributed by atoms with Crippen LogP contribution in [-0.2, 0) is 0 Å². The largest absolute Gasteiger partial charge is 0.454 e. The smallest absolute Gasteiger partial charge is 0.259 e. The summed E-state index contributed by atoms with van der Waals surface area (Å²) in [5, 5.41) is 2.84. The highest BCUT2D eigenvalue weighted by Gasteiger charge is 2.16. The van der Waals surface area contributed by atoms with Crippen molar-refractivity contribution in [3.63, 3.8) is 0 Å². The minimum atomic E-state index is -0.217. The second-order valence-corrected chi connectivity index (χ2v) is 4.60. The molecule has 0 unspecified atom stereocenters. The van der Waals surface area contributed by atoms with Gasteiger partial charge in [0.25, 0.3) is 5.91 Å². The van der Waals surface area contributed by atoms with E-state index in [2.05, 4.69) is 10.3 Å². The van der Waals surface area contributed by atoms with E-state index in [-0.39, 0.29) is 12.7 Å². The second-order valence-electron chi connectivity index (χ2n) is 4.60. The molecule has 0 aliphatic carbocycles. The summed E-state index contributed by atoms with van der Waals surface area (Å²) < 4.78 is 12.3. The molecule has 2 aromatic heterocycles. The van der Waals surface area contributed by atoms with Gasteiger partial charge in [-0.1, -0.05) is 0 Å². The molecule has 0 radical (unpaired) electrons. The first-order valence-corrected chi connectivity index (χ1v) is 6.44. The minimum Gasteiger partial charge on any atom is -0.454 e. The zero-order valence-electron chi connectivity index (χ0n) is 10.9.